The van der Waals surface area contributed by atoms with E-state index in [-0.39, 0.29) is 17.9 Å². The normalized spacial score (nSPS) is 19.2. The SMILES string of the molecule is C/C=C(\C(N)=O)N1CCCC1=O.CC[C@@H](C(N)=O)N1CCCC1=O. The lowest BCUT2D eigenvalue weighted by atomic mass is 10.2. The minimum Gasteiger partial charge on any atom is -0.368 e. The number of allylic oxidation sites excluding steroid dienone is 1. The van der Waals surface area contributed by atoms with Crippen molar-refractivity contribution in [1.29, 1.82) is 0 Å². The van der Waals surface area contributed by atoms with Crippen LogP contribution in [0.1, 0.15) is 46.0 Å². The number of primary amides is 2. The zero-order valence-electron chi connectivity index (χ0n) is 14.3. The third-order valence-corrected chi connectivity index (χ3v) is 4.09. The van der Waals surface area contributed by atoms with Crippen molar-refractivity contribution < 1.29 is 19.2 Å². The average molecular weight is 338 g/mol. The Labute approximate surface area is 141 Å². The van der Waals surface area contributed by atoms with Crippen LogP contribution >= 0.6 is 0 Å². The summed E-state index contributed by atoms with van der Waals surface area (Å²) >= 11 is 0. The molecule has 0 aromatic rings. The summed E-state index contributed by atoms with van der Waals surface area (Å²) in [7, 11) is 0. The minimum absolute atomic E-state index is 0.0121. The van der Waals surface area contributed by atoms with Gasteiger partial charge in [-0.2, -0.15) is 0 Å². The fraction of sp³-hybridized carbons (Fsp3) is 0.625. The number of rotatable bonds is 5. The number of hydrogen-bond acceptors (Lipinski definition) is 4. The number of carbonyl (C=O) groups excluding carboxylic acids is 4. The van der Waals surface area contributed by atoms with Crippen molar-refractivity contribution in [3.05, 3.63) is 11.8 Å². The first-order chi connectivity index (χ1) is 11.3. The summed E-state index contributed by atoms with van der Waals surface area (Å²) in [5, 5.41) is 0. The Kier molecular flexibility index (Phi) is 7.41. The first-order valence-corrected chi connectivity index (χ1v) is 8.18. The molecule has 0 aromatic heterocycles. The van der Waals surface area contributed by atoms with E-state index >= 15 is 0 Å². The van der Waals surface area contributed by atoms with E-state index in [1.54, 1.807) is 17.9 Å². The third-order valence-electron chi connectivity index (χ3n) is 4.09. The summed E-state index contributed by atoms with van der Waals surface area (Å²) in [6.45, 7) is 4.86. The Morgan fingerprint density at radius 3 is 2.04 bits per heavy atom. The lowest BCUT2D eigenvalue weighted by Crippen LogP contribution is -2.44. The molecule has 0 bridgehead atoms. The quantitative estimate of drug-likeness (QED) is 0.677. The van der Waals surface area contributed by atoms with E-state index in [2.05, 4.69) is 0 Å². The number of hydrogen-bond donors (Lipinski definition) is 2. The van der Waals surface area contributed by atoms with Crippen LogP contribution in [0.25, 0.3) is 0 Å². The number of likely N-dealkylation sites (tertiary alicyclic amines) is 2. The van der Waals surface area contributed by atoms with Crippen LogP contribution in [0.3, 0.4) is 0 Å². The lowest BCUT2D eigenvalue weighted by molar-refractivity contribution is -0.136. The largest absolute Gasteiger partial charge is 0.368 e. The highest BCUT2D eigenvalue weighted by atomic mass is 16.2. The van der Waals surface area contributed by atoms with Crippen molar-refractivity contribution in [2.75, 3.05) is 13.1 Å². The van der Waals surface area contributed by atoms with Gasteiger partial charge in [0.1, 0.15) is 11.7 Å². The first-order valence-electron chi connectivity index (χ1n) is 8.18. The fourth-order valence-corrected chi connectivity index (χ4v) is 2.91. The Balaban J connectivity index is 0.000000240. The molecule has 2 heterocycles. The predicted octanol–water partition coefficient (Wildman–Crippen LogP) is -0.129. The molecule has 1 atom stereocenters. The Morgan fingerprint density at radius 2 is 1.71 bits per heavy atom. The van der Waals surface area contributed by atoms with E-state index in [0.717, 1.165) is 12.8 Å². The molecule has 2 saturated heterocycles. The van der Waals surface area contributed by atoms with Gasteiger partial charge in [0, 0.05) is 25.9 Å². The summed E-state index contributed by atoms with van der Waals surface area (Å²) < 4.78 is 0. The number of nitrogens with zero attached hydrogens (tertiary/aromatic N) is 2. The molecule has 24 heavy (non-hydrogen) atoms. The maximum Gasteiger partial charge on any atom is 0.265 e. The topological polar surface area (TPSA) is 127 Å². The highest BCUT2D eigenvalue weighted by molar-refractivity contribution is 5.96. The van der Waals surface area contributed by atoms with Gasteiger partial charge in [0.15, 0.2) is 0 Å². The van der Waals surface area contributed by atoms with E-state index in [0.29, 0.717) is 38.0 Å². The molecular weight excluding hydrogens is 312 g/mol. The van der Waals surface area contributed by atoms with Crippen LogP contribution in [-0.2, 0) is 19.2 Å². The lowest BCUT2D eigenvalue weighted by Gasteiger charge is -2.23. The van der Waals surface area contributed by atoms with Gasteiger partial charge in [-0.05, 0) is 26.2 Å². The predicted molar refractivity (Wildman–Crippen MR) is 88.1 cm³/mol. The second kappa shape index (κ2) is 9.05. The zero-order chi connectivity index (χ0) is 18.3. The Bertz CT molecular complexity index is 544. The summed E-state index contributed by atoms with van der Waals surface area (Å²) in [6.07, 6.45) is 4.92. The molecule has 2 aliphatic rings. The molecule has 2 rings (SSSR count). The highest BCUT2D eigenvalue weighted by Crippen LogP contribution is 2.16. The van der Waals surface area contributed by atoms with Gasteiger partial charge < -0.3 is 21.3 Å². The molecule has 0 aliphatic carbocycles. The van der Waals surface area contributed by atoms with E-state index in [9.17, 15) is 19.2 Å². The Hall–Kier alpha value is -2.38. The third kappa shape index (κ3) is 4.81. The van der Waals surface area contributed by atoms with E-state index in [4.69, 9.17) is 11.5 Å². The second-order valence-corrected chi connectivity index (χ2v) is 5.70. The van der Waals surface area contributed by atoms with E-state index in [1.165, 1.54) is 4.90 Å². The fourth-order valence-electron chi connectivity index (χ4n) is 2.91. The maximum atomic E-state index is 11.2. The summed E-state index contributed by atoms with van der Waals surface area (Å²) in [5.41, 5.74) is 10.6. The maximum absolute atomic E-state index is 11.2. The van der Waals surface area contributed by atoms with Gasteiger partial charge >= 0.3 is 0 Å². The van der Waals surface area contributed by atoms with Crippen LogP contribution in [0.4, 0.5) is 0 Å². The molecule has 0 spiro atoms. The van der Waals surface area contributed by atoms with Gasteiger partial charge in [0.25, 0.3) is 5.91 Å². The number of carbonyl (C=O) groups is 4. The Morgan fingerprint density at radius 1 is 1.12 bits per heavy atom. The van der Waals surface area contributed by atoms with E-state index in [1.807, 2.05) is 6.92 Å². The van der Waals surface area contributed by atoms with Gasteiger partial charge in [-0.3, -0.25) is 19.2 Å². The van der Waals surface area contributed by atoms with Crippen LogP contribution in [0.15, 0.2) is 11.8 Å². The molecule has 134 valence electrons. The number of amides is 4. The molecule has 4 N–H and O–H groups in total. The standard InChI is InChI=1S/C8H14N2O2.C8H12N2O2/c2*1-2-6(8(9)12)10-5-3-4-7(10)11/h6H,2-5H2,1H3,(H2,9,12);2H,3-5H2,1H3,(H2,9,12)/b;6-2+/t6-;/m0./s1. The van der Waals surface area contributed by atoms with Gasteiger partial charge in [-0.1, -0.05) is 13.0 Å². The summed E-state index contributed by atoms with van der Waals surface area (Å²) in [6, 6.07) is -0.389. The van der Waals surface area contributed by atoms with Crippen LogP contribution < -0.4 is 11.5 Å². The second-order valence-electron chi connectivity index (χ2n) is 5.70. The number of nitrogens with two attached hydrogens (primary N) is 2. The van der Waals surface area contributed by atoms with Crippen LogP contribution in [0, 0.1) is 0 Å². The summed E-state index contributed by atoms with van der Waals surface area (Å²) in [4.78, 5) is 47.1. The molecule has 0 saturated carbocycles. The van der Waals surface area contributed by atoms with Crippen molar-refractivity contribution in [3.63, 3.8) is 0 Å². The van der Waals surface area contributed by atoms with Crippen molar-refractivity contribution in [2.24, 2.45) is 11.5 Å². The van der Waals surface area contributed by atoms with Gasteiger partial charge in [-0.25, -0.2) is 0 Å². The molecule has 2 aliphatic heterocycles. The van der Waals surface area contributed by atoms with Gasteiger partial charge in [0.05, 0.1) is 0 Å². The van der Waals surface area contributed by atoms with Gasteiger partial charge in [0.2, 0.25) is 17.7 Å². The molecule has 0 unspecified atom stereocenters. The molecule has 8 nitrogen and oxygen atoms in total. The first kappa shape index (κ1) is 19.7. The molecule has 0 radical (unpaired) electrons. The average Bonchev–Trinajstić information content (AvgIpc) is 3.11. The monoisotopic (exact) mass is 338 g/mol. The molecule has 4 amide bonds. The van der Waals surface area contributed by atoms with E-state index < -0.39 is 11.8 Å². The van der Waals surface area contributed by atoms with Gasteiger partial charge in [-0.15, -0.1) is 0 Å². The highest BCUT2D eigenvalue weighted by Gasteiger charge is 2.29. The summed E-state index contributed by atoms with van der Waals surface area (Å²) in [5.74, 6) is -0.886. The van der Waals surface area contributed by atoms with Crippen molar-refractivity contribution in [3.8, 4) is 0 Å². The molecular formula is C16H26N4O4. The molecule has 0 aromatic carbocycles. The molecule has 8 heteroatoms. The van der Waals surface area contributed by atoms with Crippen molar-refractivity contribution in [2.45, 2.75) is 52.0 Å². The minimum atomic E-state index is -0.534. The van der Waals surface area contributed by atoms with Crippen LogP contribution in [0.5, 0.6) is 0 Å². The van der Waals surface area contributed by atoms with Crippen LogP contribution in [-0.4, -0.2) is 52.6 Å². The van der Waals surface area contributed by atoms with Crippen molar-refractivity contribution >= 4 is 23.6 Å². The smallest absolute Gasteiger partial charge is 0.265 e. The molecule has 2 fully saturated rings. The van der Waals surface area contributed by atoms with Crippen LogP contribution in [0.2, 0.25) is 0 Å². The van der Waals surface area contributed by atoms with Crippen molar-refractivity contribution in [1.82, 2.24) is 9.80 Å². The zero-order valence-corrected chi connectivity index (χ0v) is 14.3.